The SMILES string of the molecule is COC(=O)N1CCC2(CC1)CN(Cc1ccccc1C(F)(F)F)C(CO)c1[nH]c3cc(OC)ccc3c12. The standard InChI is InChI=1S/C27H30F3N3O4/c1-36-18-7-8-19-21(13-18)31-24-22(15-34)33(14-17-5-3-4-6-20(17)27(28,29)30)16-26(23(19)24)9-11-32(12-10-26)25(35)37-2/h3-8,13,22,31,34H,9-12,14-16H2,1-2H3. The summed E-state index contributed by atoms with van der Waals surface area (Å²) >= 11 is 0. The molecule has 1 atom stereocenters. The van der Waals surface area contributed by atoms with Crippen LogP contribution < -0.4 is 4.74 Å². The van der Waals surface area contributed by atoms with Crippen molar-refractivity contribution in [1.29, 1.82) is 0 Å². The number of piperidine rings is 1. The average molecular weight is 518 g/mol. The minimum atomic E-state index is -4.48. The summed E-state index contributed by atoms with van der Waals surface area (Å²) < 4.78 is 51.7. The Bertz CT molecular complexity index is 1300. The molecule has 7 nitrogen and oxygen atoms in total. The van der Waals surface area contributed by atoms with Crippen LogP contribution >= 0.6 is 0 Å². The number of ether oxygens (including phenoxy) is 2. The minimum Gasteiger partial charge on any atom is -0.497 e. The van der Waals surface area contributed by atoms with E-state index >= 15 is 0 Å². The van der Waals surface area contributed by atoms with Gasteiger partial charge in [-0.05, 0) is 42.2 Å². The topological polar surface area (TPSA) is 78.0 Å². The molecule has 3 heterocycles. The number of aliphatic hydroxyl groups excluding tert-OH is 1. The maximum Gasteiger partial charge on any atom is 0.416 e. The van der Waals surface area contributed by atoms with Crippen LogP contribution in [0.1, 0.15) is 41.3 Å². The van der Waals surface area contributed by atoms with Gasteiger partial charge in [0.15, 0.2) is 0 Å². The van der Waals surface area contributed by atoms with Gasteiger partial charge in [-0.3, -0.25) is 4.90 Å². The number of hydrogen-bond acceptors (Lipinski definition) is 5. The van der Waals surface area contributed by atoms with Crippen LogP contribution in [0.15, 0.2) is 42.5 Å². The molecule has 1 aromatic heterocycles. The molecule has 1 spiro atoms. The lowest BCUT2D eigenvalue weighted by atomic mass is 9.68. The molecular weight excluding hydrogens is 487 g/mol. The van der Waals surface area contributed by atoms with Gasteiger partial charge in [-0.2, -0.15) is 13.2 Å². The number of methoxy groups -OCH3 is 2. The number of likely N-dealkylation sites (tertiary alicyclic amines) is 1. The number of alkyl halides is 3. The molecule has 2 aromatic carbocycles. The lowest BCUT2D eigenvalue weighted by Crippen LogP contribution is -2.54. The number of nitrogens with zero attached hydrogens (tertiary/aromatic N) is 2. The fraction of sp³-hybridized carbons (Fsp3) is 0.444. The van der Waals surface area contributed by atoms with E-state index in [1.807, 2.05) is 23.1 Å². The molecule has 0 bridgehead atoms. The number of amides is 1. The lowest BCUT2D eigenvalue weighted by molar-refractivity contribution is -0.138. The first-order chi connectivity index (χ1) is 17.7. The van der Waals surface area contributed by atoms with E-state index < -0.39 is 29.3 Å². The number of fused-ring (bicyclic) bond motifs is 4. The second-order valence-corrected chi connectivity index (χ2v) is 9.82. The van der Waals surface area contributed by atoms with E-state index in [1.54, 1.807) is 18.1 Å². The van der Waals surface area contributed by atoms with E-state index in [1.165, 1.54) is 19.2 Å². The van der Waals surface area contributed by atoms with E-state index in [4.69, 9.17) is 9.47 Å². The zero-order valence-corrected chi connectivity index (χ0v) is 20.8. The molecule has 10 heteroatoms. The van der Waals surface area contributed by atoms with Crippen molar-refractivity contribution in [3.63, 3.8) is 0 Å². The largest absolute Gasteiger partial charge is 0.497 e. The number of nitrogens with one attached hydrogen (secondary N) is 1. The zero-order valence-electron chi connectivity index (χ0n) is 20.8. The Kier molecular flexibility index (Phi) is 6.57. The quantitative estimate of drug-likeness (QED) is 0.518. The van der Waals surface area contributed by atoms with Crippen LogP contribution in [0.25, 0.3) is 10.9 Å². The van der Waals surface area contributed by atoms with Crippen molar-refractivity contribution in [2.75, 3.05) is 40.5 Å². The maximum absolute atomic E-state index is 13.8. The van der Waals surface area contributed by atoms with E-state index in [0.717, 1.165) is 28.2 Å². The number of aromatic nitrogens is 1. The normalized spacial score (nSPS) is 19.7. The summed E-state index contributed by atoms with van der Waals surface area (Å²) in [5.74, 6) is 0.678. The van der Waals surface area contributed by atoms with E-state index in [9.17, 15) is 23.1 Å². The third kappa shape index (κ3) is 4.42. The summed E-state index contributed by atoms with van der Waals surface area (Å²) in [6, 6.07) is 10.8. The number of benzene rings is 2. The van der Waals surface area contributed by atoms with Gasteiger partial charge in [0.05, 0.1) is 32.4 Å². The molecule has 198 valence electrons. The van der Waals surface area contributed by atoms with Gasteiger partial charge in [-0.1, -0.05) is 18.2 Å². The minimum absolute atomic E-state index is 0.0293. The van der Waals surface area contributed by atoms with Crippen molar-refractivity contribution in [2.45, 2.75) is 37.0 Å². The fourth-order valence-corrected chi connectivity index (χ4v) is 6.09. The molecule has 2 N–H and O–H groups in total. The summed E-state index contributed by atoms with van der Waals surface area (Å²) in [6.45, 7) is 1.15. The highest BCUT2D eigenvalue weighted by Crippen LogP contribution is 2.49. The molecule has 0 aliphatic carbocycles. The van der Waals surface area contributed by atoms with Gasteiger partial charge in [-0.25, -0.2) is 4.79 Å². The molecule has 0 saturated carbocycles. The van der Waals surface area contributed by atoms with E-state index in [2.05, 4.69) is 4.98 Å². The number of rotatable bonds is 4. The van der Waals surface area contributed by atoms with Crippen molar-refractivity contribution in [2.24, 2.45) is 0 Å². The van der Waals surface area contributed by atoms with Gasteiger partial charge in [0.1, 0.15) is 5.75 Å². The number of carbonyl (C=O) groups is 1. The van der Waals surface area contributed by atoms with Crippen molar-refractivity contribution in [3.05, 3.63) is 64.8 Å². The summed E-state index contributed by atoms with van der Waals surface area (Å²) in [5, 5.41) is 11.5. The molecule has 5 rings (SSSR count). The number of aliphatic hydroxyl groups is 1. The van der Waals surface area contributed by atoms with Gasteiger partial charge < -0.3 is 24.5 Å². The Labute approximate surface area is 212 Å². The Morgan fingerprint density at radius 3 is 2.54 bits per heavy atom. The summed E-state index contributed by atoms with van der Waals surface area (Å²) in [5.41, 5.74) is 1.77. The van der Waals surface area contributed by atoms with Crippen LogP contribution in [-0.2, 0) is 22.9 Å². The predicted octanol–water partition coefficient (Wildman–Crippen LogP) is 4.84. The molecule has 0 radical (unpaired) electrons. The van der Waals surface area contributed by atoms with Crippen molar-refractivity contribution in [3.8, 4) is 5.75 Å². The summed E-state index contributed by atoms with van der Waals surface area (Å²) in [4.78, 5) is 19.2. The molecule has 37 heavy (non-hydrogen) atoms. The smallest absolute Gasteiger partial charge is 0.416 e. The number of H-pyrrole nitrogens is 1. The molecule has 1 fully saturated rings. The summed E-state index contributed by atoms with van der Waals surface area (Å²) in [7, 11) is 2.94. The van der Waals surface area contributed by atoms with E-state index in [-0.39, 0.29) is 18.7 Å². The van der Waals surface area contributed by atoms with Crippen LogP contribution in [0, 0.1) is 0 Å². The van der Waals surface area contributed by atoms with Crippen molar-refractivity contribution < 1.29 is 32.5 Å². The van der Waals surface area contributed by atoms with Crippen molar-refractivity contribution >= 4 is 17.0 Å². The first-order valence-electron chi connectivity index (χ1n) is 12.2. The van der Waals surface area contributed by atoms with Gasteiger partial charge in [0.2, 0.25) is 0 Å². The number of carbonyl (C=O) groups excluding carboxylic acids is 1. The second-order valence-electron chi connectivity index (χ2n) is 9.82. The van der Waals surface area contributed by atoms with Crippen LogP contribution in [0.2, 0.25) is 0 Å². The lowest BCUT2D eigenvalue weighted by Gasteiger charge is -2.50. The summed E-state index contributed by atoms with van der Waals surface area (Å²) in [6.07, 6.45) is -3.64. The Hall–Kier alpha value is -3.24. The number of aromatic amines is 1. The fourth-order valence-electron chi connectivity index (χ4n) is 6.09. The molecule has 1 saturated heterocycles. The molecule has 2 aliphatic rings. The third-order valence-electron chi connectivity index (χ3n) is 7.87. The van der Waals surface area contributed by atoms with Crippen LogP contribution in [0.3, 0.4) is 0 Å². The highest BCUT2D eigenvalue weighted by atomic mass is 19.4. The Balaban J connectivity index is 1.61. The number of halogens is 3. The average Bonchev–Trinajstić information content (AvgIpc) is 3.28. The van der Waals surface area contributed by atoms with Crippen LogP contribution in [0.5, 0.6) is 5.75 Å². The Morgan fingerprint density at radius 2 is 1.89 bits per heavy atom. The van der Waals surface area contributed by atoms with Crippen LogP contribution in [-0.4, -0.2) is 66.4 Å². The van der Waals surface area contributed by atoms with Gasteiger partial charge in [0, 0.05) is 54.3 Å². The van der Waals surface area contributed by atoms with Crippen LogP contribution in [0.4, 0.5) is 18.0 Å². The van der Waals surface area contributed by atoms with Gasteiger partial charge >= 0.3 is 12.3 Å². The van der Waals surface area contributed by atoms with E-state index in [0.29, 0.717) is 38.2 Å². The Morgan fingerprint density at radius 1 is 1.16 bits per heavy atom. The van der Waals surface area contributed by atoms with Gasteiger partial charge in [0.25, 0.3) is 0 Å². The number of hydrogen-bond donors (Lipinski definition) is 2. The van der Waals surface area contributed by atoms with Crippen molar-refractivity contribution in [1.82, 2.24) is 14.8 Å². The molecule has 2 aliphatic heterocycles. The molecule has 1 amide bonds. The highest BCUT2D eigenvalue weighted by molar-refractivity contribution is 5.88. The molecule has 3 aromatic rings. The van der Waals surface area contributed by atoms with Gasteiger partial charge in [-0.15, -0.1) is 0 Å². The molecular formula is C27H30F3N3O4. The second kappa shape index (κ2) is 9.57. The monoisotopic (exact) mass is 517 g/mol. The maximum atomic E-state index is 13.8. The first kappa shape index (κ1) is 25.4. The predicted molar refractivity (Wildman–Crippen MR) is 131 cm³/mol. The third-order valence-corrected chi connectivity index (χ3v) is 7.87. The highest BCUT2D eigenvalue weighted by Gasteiger charge is 2.48. The molecule has 1 unspecified atom stereocenters. The zero-order chi connectivity index (χ0) is 26.4. The first-order valence-corrected chi connectivity index (χ1v) is 12.2.